The Morgan fingerprint density at radius 1 is 1.12 bits per heavy atom. The number of fused-ring (bicyclic) bond motifs is 1. The predicted octanol–water partition coefficient (Wildman–Crippen LogP) is 1.77. The highest BCUT2D eigenvalue weighted by atomic mass is 19.1. The normalized spacial score (nSPS) is 21.4. The largest absolute Gasteiger partial charge is 0.434 e. The first-order chi connectivity index (χ1) is 18.9. The third kappa shape index (κ3) is 5.49. The SMILES string of the molecule is C[C@@H](C(=O)Nc1cnc(Oc2ccc(F)cc2F)cn1)N1CCN(C(=O)[C@]2(O)CCc3ncnn3C2)C(C)(C)C1. The number of rotatable bonds is 6. The van der Waals surface area contributed by atoms with E-state index in [9.17, 15) is 23.5 Å². The fourth-order valence-electron chi connectivity index (χ4n) is 5.09. The summed E-state index contributed by atoms with van der Waals surface area (Å²) in [7, 11) is 0. The Labute approximate surface area is 229 Å². The smallest absolute Gasteiger partial charge is 0.257 e. The quantitative estimate of drug-likeness (QED) is 0.465. The lowest BCUT2D eigenvalue weighted by Crippen LogP contribution is -2.67. The Bertz CT molecular complexity index is 1420. The van der Waals surface area contributed by atoms with E-state index in [1.807, 2.05) is 18.7 Å². The zero-order valence-corrected chi connectivity index (χ0v) is 22.3. The Morgan fingerprint density at radius 2 is 1.93 bits per heavy atom. The van der Waals surface area contributed by atoms with Gasteiger partial charge >= 0.3 is 0 Å². The van der Waals surface area contributed by atoms with E-state index in [0.29, 0.717) is 32.1 Å². The molecule has 0 radical (unpaired) electrons. The number of halogens is 2. The number of nitrogens with one attached hydrogen (secondary N) is 1. The van der Waals surface area contributed by atoms with Crippen molar-refractivity contribution in [1.29, 1.82) is 0 Å². The van der Waals surface area contributed by atoms with Crippen LogP contribution in [0.25, 0.3) is 0 Å². The van der Waals surface area contributed by atoms with E-state index in [-0.39, 0.29) is 42.2 Å². The molecule has 0 saturated carbocycles. The molecule has 2 aliphatic heterocycles. The van der Waals surface area contributed by atoms with Gasteiger partial charge in [-0.15, -0.1) is 0 Å². The minimum absolute atomic E-state index is 0.0289. The van der Waals surface area contributed by atoms with E-state index in [1.54, 1.807) is 16.5 Å². The Balaban J connectivity index is 1.18. The van der Waals surface area contributed by atoms with Gasteiger partial charge in [-0.05, 0) is 39.3 Å². The molecule has 1 aromatic carbocycles. The first-order valence-corrected chi connectivity index (χ1v) is 12.9. The second-order valence-corrected chi connectivity index (χ2v) is 10.7. The number of nitrogens with zero attached hydrogens (tertiary/aromatic N) is 7. The van der Waals surface area contributed by atoms with Crippen LogP contribution in [0.15, 0.2) is 36.9 Å². The van der Waals surface area contributed by atoms with Crippen LogP contribution in [0.2, 0.25) is 0 Å². The third-order valence-electron chi connectivity index (χ3n) is 7.36. The molecule has 3 aromatic rings. The molecule has 5 rings (SSSR count). The minimum atomic E-state index is -1.57. The van der Waals surface area contributed by atoms with Crippen molar-refractivity contribution in [3.8, 4) is 11.6 Å². The molecule has 2 N–H and O–H groups in total. The number of carbonyl (C=O) groups excluding carboxylic acids is 2. The summed E-state index contributed by atoms with van der Waals surface area (Å²) in [6, 6.07) is 2.34. The number of hydrogen-bond donors (Lipinski definition) is 2. The van der Waals surface area contributed by atoms with E-state index in [4.69, 9.17) is 4.74 Å². The van der Waals surface area contributed by atoms with Crippen LogP contribution in [0.4, 0.5) is 14.6 Å². The second-order valence-electron chi connectivity index (χ2n) is 10.7. The van der Waals surface area contributed by atoms with E-state index in [2.05, 4.69) is 25.4 Å². The fourth-order valence-corrected chi connectivity index (χ4v) is 5.09. The molecule has 12 nitrogen and oxygen atoms in total. The van der Waals surface area contributed by atoms with Crippen molar-refractivity contribution >= 4 is 17.6 Å². The van der Waals surface area contributed by atoms with Gasteiger partial charge in [0.2, 0.25) is 11.8 Å². The fraction of sp³-hybridized carbons (Fsp3) is 0.462. The average Bonchev–Trinajstić information content (AvgIpc) is 3.37. The van der Waals surface area contributed by atoms with Gasteiger partial charge < -0.3 is 20.1 Å². The van der Waals surface area contributed by atoms with Crippen molar-refractivity contribution in [2.45, 2.75) is 57.3 Å². The number of carbonyl (C=O) groups is 2. The van der Waals surface area contributed by atoms with Gasteiger partial charge in [0, 0.05) is 32.1 Å². The number of anilines is 1. The lowest BCUT2D eigenvalue weighted by atomic mass is 9.88. The minimum Gasteiger partial charge on any atom is -0.434 e. The molecule has 40 heavy (non-hydrogen) atoms. The van der Waals surface area contributed by atoms with Gasteiger partial charge in [-0.3, -0.25) is 14.5 Å². The van der Waals surface area contributed by atoms with Crippen LogP contribution in [-0.2, 0) is 22.6 Å². The summed E-state index contributed by atoms with van der Waals surface area (Å²) in [5, 5.41) is 18.0. The number of aryl methyl sites for hydroxylation is 1. The molecule has 2 atom stereocenters. The van der Waals surface area contributed by atoms with Crippen LogP contribution in [0, 0.1) is 11.6 Å². The summed E-state index contributed by atoms with van der Waals surface area (Å²) >= 11 is 0. The molecule has 14 heteroatoms. The van der Waals surface area contributed by atoms with E-state index in [1.165, 1.54) is 18.7 Å². The summed E-state index contributed by atoms with van der Waals surface area (Å²) in [4.78, 5) is 42.4. The topological polar surface area (TPSA) is 139 Å². The average molecular weight is 557 g/mol. The van der Waals surface area contributed by atoms with E-state index >= 15 is 0 Å². The van der Waals surface area contributed by atoms with E-state index in [0.717, 1.165) is 18.0 Å². The Kier molecular flexibility index (Phi) is 7.23. The molecule has 0 unspecified atom stereocenters. The molecule has 0 aliphatic carbocycles. The van der Waals surface area contributed by atoms with Gasteiger partial charge in [0.1, 0.15) is 18.0 Å². The van der Waals surface area contributed by atoms with Crippen molar-refractivity contribution < 1.29 is 28.2 Å². The molecule has 2 aliphatic rings. The molecule has 1 saturated heterocycles. The summed E-state index contributed by atoms with van der Waals surface area (Å²) in [6.45, 7) is 6.79. The van der Waals surface area contributed by atoms with Gasteiger partial charge in [0.25, 0.3) is 5.91 Å². The van der Waals surface area contributed by atoms with Crippen LogP contribution in [0.5, 0.6) is 11.6 Å². The monoisotopic (exact) mass is 556 g/mol. The number of hydrogen-bond acceptors (Lipinski definition) is 9. The first kappa shape index (κ1) is 27.5. The lowest BCUT2D eigenvalue weighted by Gasteiger charge is -2.50. The highest BCUT2D eigenvalue weighted by molar-refractivity contribution is 5.93. The number of amides is 2. The third-order valence-corrected chi connectivity index (χ3v) is 7.36. The van der Waals surface area contributed by atoms with Crippen molar-refractivity contribution in [3.63, 3.8) is 0 Å². The molecular formula is C26H30F2N8O4. The summed E-state index contributed by atoms with van der Waals surface area (Å²) in [5.41, 5.74) is -2.23. The maximum Gasteiger partial charge on any atom is 0.257 e. The predicted molar refractivity (Wildman–Crippen MR) is 137 cm³/mol. The van der Waals surface area contributed by atoms with Crippen LogP contribution in [0.1, 0.15) is 33.0 Å². The van der Waals surface area contributed by atoms with Crippen molar-refractivity contribution in [1.82, 2.24) is 34.5 Å². The number of ether oxygens (including phenoxy) is 1. The number of aromatic nitrogens is 5. The van der Waals surface area contributed by atoms with Crippen molar-refractivity contribution in [2.75, 3.05) is 25.0 Å². The Morgan fingerprint density at radius 3 is 2.62 bits per heavy atom. The molecule has 0 bridgehead atoms. The van der Waals surface area contributed by atoms with Crippen molar-refractivity contribution in [3.05, 3.63) is 54.4 Å². The van der Waals surface area contributed by atoms with Gasteiger partial charge in [-0.25, -0.2) is 28.4 Å². The maximum atomic E-state index is 13.8. The number of aliphatic hydroxyl groups is 1. The van der Waals surface area contributed by atoms with Gasteiger partial charge in [0.15, 0.2) is 23.0 Å². The lowest BCUT2D eigenvalue weighted by molar-refractivity contribution is -0.165. The van der Waals surface area contributed by atoms with Gasteiger partial charge in [0.05, 0.1) is 30.5 Å². The number of benzene rings is 1. The summed E-state index contributed by atoms with van der Waals surface area (Å²) in [5.74, 6) is -1.61. The zero-order chi connectivity index (χ0) is 28.7. The molecular weight excluding hydrogens is 526 g/mol. The molecule has 0 spiro atoms. The van der Waals surface area contributed by atoms with Crippen molar-refractivity contribution in [2.24, 2.45) is 0 Å². The number of piperazine rings is 1. The summed E-state index contributed by atoms with van der Waals surface area (Å²) < 4.78 is 33.8. The second kappa shape index (κ2) is 10.5. The standard InChI is InChI=1S/C26H30F2N8O4/c1-16(23(37)33-20-11-30-22(12-29-20)40-19-5-4-17(27)10-18(19)28)34-8-9-35(25(2,3)13-34)24(38)26(39)7-6-21-31-15-32-36(21)14-26/h4-5,10-12,15-16,39H,6-9,13-14H2,1-3H3,(H,29,33,37)/t16-,26-/m0/s1. The zero-order valence-electron chi connectivity index (χ0n) is 22.3. The highest BCUT2D eigenvalue weighted by Crippen LogP contribution is 2.30. The van der Waals surface area contributed by atoms with Crippen LogP contribution in [-0.4, -0.2) is 88.3 Å². The molecule has 1 fully saturated rings. The molecule has 212 valence electrons. The van der Waals surface area contributed by atoms with Crippen LogP contribution < -0.4 is 10.1 Å². The van der Waals surface area contributed by atoms with Crippen LogP contribution in [0.3, 0.4) is 0 Å². The first-order valence-electron chi connectivity index (χ1n) is 12.9. The van der Waals surface area contributed by atoms with Gasteiger partial charge in [-0.2, -0.15) is 5.10 Å². The molecule has 2 amide bonds. The maximum absolute atomic E-state index is 13.8. The van der Waals surface area contributed by atoms with Crippen LogP contribution >= 0.6 is 0 Å². The van der Waals surface area contributed by atoms with E-state index < -0.39 is 28.8 Å². The summed E-state index contributed by atoms with van der Waals surface area (Å²) in [6.07, 6.45) is 4.63. The highest BCUT2D eigenvalue weighted by Gasteiger charge is 2.48. The van der Waals surface area contributed by atoms with Gasteiger partial charge in [-0.1, -0.05) is 0 Å². The Hall–Kier alpha value is -4.04. The molecule has 4 heterocycles. The molecule has 2 aromatic heterocycles.